The summed E-state index contributed by atoms with van der Waals surface area (Å²) in [5.41, 5.74) is -1.25. The molecular weight excluding hydrogens is 447 g/mol. The van der Waals surface area contributed by atoms with E-state index in [1.165, 1.54) is 30.0 Å². The van der Waals surface area contributed by atoms with Gasteiger partial charge in [0.2, 0.25) is 5.56 Å². The van der Waals surface area contributed by atoms with Crippen LogP contribution in [0.4, 0.5) is 39.0 Å². The lowest BCUT2D eigenvalue weighted by Crippen LogP contribution is -2.46. The van der Waals surface area contributed by atoms with E-state index in [1.807, 2.05) is 0 Å². The number of aromatic nitrogens is 2. The zero-order valence-corrected chi connectivity index (χ0v) is 17.4. The van der Waals surface area contributed by atoms with Gasteiger partial charge in [-0.15, -0.1) is 0 Å². The predicted octanol–water partition coefficient (Wildman–Crippen LogP) is 4.69. The molecule has 33 heavy (non-hydrogen) atoms. The Morgan fingerprint density at radius 2 is 1.73 bits per heavy atom. The SMILES string of the molecule is CCc1c(N2CN(c3ccc(=O)[nH]c3C)C(=O)c3cc(C(F)(F)F)ncc32)ccc(F)c1F. The number of anilines is 3. The molecule has 0 saturated heterocycles. The van der Waals surface area contributed by atoms with E-state index in [9.17, 15) is 31.5 Å². The van der Waals surface area contributed by atoms with E-state index in [0.29, 0.717) is 11.8 Å². The normalized spacial score (nSPS) is 14.0. The van der Waals surface area contributed by atoms with Crippen molar-refractivity contribution in [2.24, 2.45) is 0 Å². The van der Waals surface area contributed by atoms with Crippen LogP contribution in [0.5, 0.6) is 0 Å². The van der Waals surface area contributed by atoms with Crippen LogP contribution in [0.15, 0.2) is 41.3 Å². The molecule has 1 aliphatic rings. The van der Waals surface area contributed by atoms with Crippen LogP contribution in [0.25, 0.3) is 0 Å². The first-order valence-corrected chi connectivity index (χ1v) is 9.86. The van der Waals surface area contributed by atoms with E-state index in [0.717, 1.165) is 17.2 Å². The quantitative estimate of drug-likeness (QED) is 0.571. The van der Waals surface area contributed by atoms with Gasteiger partial charge in [0.05, 0.1) is 23.1 Å². The summed E-state index contributed by atoms with van der Waals surface area (Å²) in [5.74, 6) is -2.91. The van der Waals surface area contributed by atoms with Crippen molar-refractivity contribution in [3.63, 3.8) is 0 Å². The molecule has 1 amide bonds. The molecule has 0 unspecified atom stereocenters. The Kier molecular flexibility index (Phi) is 5.43. The molecule has 0 radical (unpaired) electrons. The Labute approximate surface area is 184 Å². The molecule has 6 nitrogen and oxygen atoms in total. The van der Waals surface area contributed by atoms with Gasteiger partial charge >= 0.3 is 6.18 Å². The Morgan fingerprint density at radius 3 is 2.36 bits per heavy atom. The van der Waals surface area contributed by atoms with Gasteiger partial charge in [-0.25, -0.2) is 13.8 Å². The highest BCUT2D eigenvalue weighted by Gasteiger charge is 2.38. The zero-order valence-electron chi connectivity index (χ0n) is 17.4. The average molecular weight is 464 g/mol. The maximum absolute atomic E-state index is 14.5. The second-order valence-electron chi connectivity index (χ2n) is 7.43. The summed E-state index contributed by atoms with van der Waals surface area (Å²) in [6.45, 7) is 2.91. The largest absolute Gasteiger partial charge is 0.433 e. The van der Waals surface area contributed by atoms with Crippen molar-refractivity contribution in [1.82, 2.24) is 9.97 Å². The van der Waals surface area contributed by atoms with E-state index < -0.39 is 35.0 Å². The molecule has 3 heterocycles. The van der Waals surface area contributed by atoms with Crippen molar-refractivity contribution < 1.29 is 26.7 Å². The molecule has 172 valence electrons. The number of nitrogens with one attached hydrogen (secondary N) is 1. The van der Waals surface area contributed by atoms with E-state index >= 15 is 0 Å². The number of nitrogens with zero attached hydrogens (tertiary/aromatic N) is 3. The van der Waals surface area contributed by atoms with Gasteiger partial charge < -0.3 is 9.88 Å². The first-order chi connectivity index (χ1) is 15.5. The molecule has 1 aromatic carbocycles. The lowest BCUT2D eigenvalue weighted by molar-refractivity contribution is -0.141. The first-order valence-electron chi connectivity index (χ1n) is 9.86. The van der Waals surface area contributed by atoms with Crippen LogP contribution in [0, 0.1) is 18.6 Å². The molecule has 11 heteroatoms. The van der Waals surface area contributed by atoms with Crippen LogP contribution in [0.2, 0.25) is 0 Å². The van der Waals surface area contributed by atoms with Gasteiger partial charge in [-0.05, 0) is 37.6 Å². The summed E-state index contributed by atoms with van der Waals surface area (Å²) in [6.07, 6.45) is -3.81. The van der Waals surface area contributed by atoms with Gasteiger partial charge in [-0.3, -0.25) is 14.5 Å². The highest BCUT2D eigenvalue weighted by atomic mass is 19.4. The Morgan fingerprint density at radius 1 is 1.03 bits per heavy atom. The van der Waals surface area contributed by atoms with E-state index in [1.54, 1.807) is 6.92 Å². The maximum Gasteiger partial charge on any atom is 0.433 e. The number of carbonyl (C=O) groups is 1. The molecule has 2 aromatic heterocycles. The lowest BCUT2D eigenvalue weighted by atomic mass is 10.0. The molecule has 3 aromatic rings. The number of rotatable bonds is 3. The Hall–Kier alpha value is -3.76. The number of aryl methyl sites for hydroxylation is 1. The van der Waals surface area contributed by atoms with E-state index in [2.05, 4.69) is 9.97 Å². The molecule has 0 aliphatic carbocycles. The molecule has 0 fully saturated rings. The number of halogens is 5. The van der Waals surface area contributed by atoms with E-state index in [4.69, 9.17) is 0 Å². The molecule has 0 saturated carbocycles. The number of pyridine rings is 2. The van der Waals surface area contributed by atoms with Gasteiger partial charge in [0.1, 0.15) is 12.4 Å². The number of carbonyl (C=O) groups excluding carboxylic acids is 1. The number of benzene rings is 1. The molecule has 1 N–H and O–H groups in total. The Bertz CT molecular complexity index is 1320. The number of alkyl halides is 3. The molecule has 0 atom stereocenters. The van der Waals surface area contributed by atoms with Crippen LogP contribution < -0.4 is 15.4 Å². The summed E-state index contributed by atoms with van der Waals surface area (Å²) in [7, 11) is 0. The number of fused-ring (bicyclic) bond motifs is 1. The Balaban J connectivity index is 1.96. The van der Waals surface area contributed by atoms with Gasteiger partial charge in [-0.2, -0.15) is 13.2 Å². The smallest absolute Gasteiger partial charge is 0.324 e. The zero-order chi connectivity index (χ0) is 24.1. The lowest BCUT2D eigenvalue weighted by Gasteiger charge is -2.39. The second kappa shape index (κ2) is 7.98. The number of hydrogen-bond donors (Lipinski definition) is 1. The topological polar surface area (TPSA) is 69.3 Å². The van der Waals surface area contributed by atoms with Crippen LogP contribution >= 0.6 is 0 Å². The molecule has 0 bridgehead atoms. The highest BCUT2D eigenvalue weighted by molar-refractivity contribution is 6.12. The monoisotopic (exact) mass is 464 g/mol. The minimum absolute atomic E-state index is 0.00617. The number of H-pyrrole nitrogens is 1. The van der Waals surface area contributed by atoms with Crippen molar-refractivity contribution in [3.8, 4) is 0 Å². The van der Waals surface area contributed by atoms with Crippen molar-refractivity contribution in [1.29, 1.82) is 0 Å². The predicted molar refractivity (Wildman–Crippen MR) is 111 cm³/mol. The van der Waals surface area contributed by atoms with Crippen molar-refractivity contribution in [3.05, 3.63) is 81.0 Å². The van der Waals surface area contributed by atoms with Crippen molar-refractivity contribution in [2.75, 3.05) is 16.5 Å². The van der Waals surface area contributed by atoms with Crippen LogP contribution in [0.1, 0.15) is 34.2 Å². The summed E-state index contributed by atoms with van der Waals surface area (Å²) < 4.78 is 68.3. The van der Waals surface area contributed by atoms with Gasteiger partial charge in [0.25, 0.3) is 5.91 Å². The second-order valence-corrected chi connectivity index (χ2v) is 7.43. The number of hydrogen-bond acceptors (Lipinski definition) is 4. The summed E-state index contributed by atoms with van der Waals surface area (Å²) >= 11 is 0. The van der Waals surface area contributed by atoms with Gasteiger partial charge in [-0.1, -0.05) is 6.92 Å². The molecule has 4 rings (SSSR count). The van der Waals surface area contributed by atoms with E-state index in [-0.39, 0.29) is 41.3 Å². The summed E-state index contributed by atoms with van der Waals surface area (Å²) in [4.78, 5) is 33.4. The first kappa shape index (κ1) is 22.4. The summed E-state index contributed by atoms with van der Waals surface area (Å²) in [5, 5.41) is 0. The third-order valence-electron chi connectivity index (χ3n) is 5.42. The van der Waals surface area contributed by atoms with Crippen molar-refractivity contribution in [2.45, 2.75) is 26.4 Å². The van der Waals surface area contributed by atoms with Crippen LogP contribution in [0.3, 0.4) is 0 Å². The third-order valence-corrected chi connectivity index (χ3v) is 5.42. The summed E-state index contributed by atoms with van der Waals surface area (Å²) in [6, 6.07) is 5.38. The standard InChI is InChI=1S/C22H17F5N4O2/c1-3-12-16(5-4-14(23)20(12)24)30-10-31(15-6-7-19(32)29-11(15)2)21(33)13-8-18(22(25,26)27)28-9-17(13)30/h4-9H,3,10H2,1-2H3,(H,29,32). The van der Waals surface area contributed by atoms with Crippen LogP contribution in [-0.2, 0) is 12.6 Å². The van der Waals surface area contributed by atoms with Gasteiger partial charge in [0, 0.05) is 23.0 Å². The molecule has 1 aliphatic heterocycles. The fraction of sp³-hybridized carbons (Fsp3) is 0.227. The number of aromatic amines is 1. The average Bonchev–Trinajstić information content (AvgIpc) is 2.76. The van der Waals surface area contributed by atoms with Crippen molar-refractivity contribution >= 4 is 23.0 Å². The minimum atomic E-state index is -4.80. The minimum Gasteiger partial charge on any atom is -0.324 e. The fourth-order valence-corrected chi connectivity index (χ4v) is 3.84. The molecular formula is C22H17F5N4O2. The molecule has 0 spiro atoms. The highest BCUT2D eigenvalue weighted by Crippen LogP contribution is 2.40. The number of amides is 1. The fourth-order valence-electron chi connectivity index (χ4n) is 3.84. The third kappa shape index (κ3) is 3.83. The van der Waals surface area contributed by atoms with Crippen LogP contribution in [-0.4, -0.2) is 22.5 Å². The maximum atomic E-state index is 14.5. The van der Waals surface area contributed by atoms with Gasteiger partial charge in [0.15, 0.2) is 11.6 Å².